The number of sulfonamides is 1. The van der Waals surface area contributed by atoms with Gasteiger partial charge in [0.05, 0.1) is 17.9 Å². The van der Waals surface area contributed by atoms with E-state index in [-0.39, 0.29) is 4.90 Å². The summed E-state index contributed by atoms with van der Waals surface area (Å²) in [5.74, 6) is 0.189. The molecule has 1 N–H and O–H groups in total. The van der Waals surface area contributed by atoms with E-state index in [1.807, 2.05) is 24.3 Å². The first-order chi connectivity index (χ1) is 14.5. The average Bonchev–Trinajstić information content (AvgIpc) is 2.67. The maximum Gasteiger partial charge on any atom is 0.264 e. The topological polar surface area (TPSA) is 72.5 Å². The smallest absolute Gasteiger partial charge is 0.264 e. The van der Waals surface area contributed by atoms with Crippen LogP contribution in [0.2, 0.25) is 0 Å². The highest BCUT2D eigenvalue weighted by atomic mass is 32.2. The van der Waals surface area contributed by atoms with Gasteiger partial charge in [0.25, 0.3) is 10.0 Å². The number of hydrogen-bond acceptors (Lipinski definition) is 4. The van der Waals surface area contributed by atoms with Gasteiger partial charge in [0.1, 0.15) is 5.75 Å². The number of ether oxygens (including phenoxy) is 1. The van der Waals surface area contributed by atoms with Crippen molar-refractivity contribution in [3.8, 4) is 5.75 Å². The van der Waals surface area contributed by atoms with Crippen LogP contribution in [0.4, 0.5) is 0 Å². The Bertz CT molecular complexity index is 1260. The fourth-order valence-corrected chi connectivity index (χ4v) is 5.89. The van der Waals surface area contributed by atoms with Gasteiger partial charge in [-0.15, -0.1) is 0 Å². The lowest BCUT2D eigenvalue weighted by molar-refractivity contribution is -0.121. The summed E-state index contributed by atoms with van der Waals surface area (Å²) in [6.07, 6.45) is 4.13. The Morgan fingerprint density at radius 1 is 1.03 bits per heavy atom. The van der Waals surface area contributed by atoms with Gasteiger partial charge in [0, 0.05) is 10.9 Å². The Balaban J connectivity index is 1.45. The first kappa shape index (κ1) is 19.1. The summed E-state index contributed by atoms with van der Waals surface area (Å²) in [6, 6.07) is 16.3. The van der Waals surface area contributed by atoms with Gasteiger partial charge in [0.2, 0.25) is 5.91 Å². The fourth-order valence-electron chi connectivity index (χ4n) is 4.64. The van der Waals surface area contributed by atoms with Crippen LogP contribution in [-0.2, 0) is 21.2 Å². The normalized spacial score (nSPS) is 18.2. The van der Waals surface area contributed by atoms with Gasteiger partial charge in [-0.1, -0.05) is 48.9 Å². The van der Waals surface area contributed by atoms with Crippen molar-refractivity contribution in [1.29, 1.82) is 0 Å². The minimum Gasteiger partial charge on any atom is -0.496 e. The quantitative estimate of drug-likeness (QED) is 0.668. The monoisotopic (exact) mass is 421 g/mol. The molecule has 6 heteroatoms. The molecule has 0 saturated heterocycles. The summed E-state index contributed by atoms with van der Waals surface area (Å²) in [6.45, 7) is 0. The van der Waals surface area contributed by atoms with Crippen molar-refractivity contribution in [3.05, 3.63) is 71.3 Å². The highest BCUT2D eigenvalue weighted by molar-refractivity contribution is 7.90. The molecule has 0 spiro atoms. The van der Waals surface area contributed by atoms with Crippen LogP contribution in [0, 0.1) is 0 Å². The number of amides is 1. The third-order valence-electron chi connectivity index (χ3n) is 6.47. The van der Waals surface area contributed by atoms with Crippen LogP contribution in [-0.4, -0.2) is 21.4 Å². The molecule has 5 rings (SSSR count). The van der Waals surface area contributed by atoms with Crippen LogP contribution in [0.15, 0.2) is 59.5 Å². The highest BCUT2D eigenvalue weighted by Gasteiger charge is 2.40. The van der Waals surface area contributed by atoms with Crippen molar-refractivity contribution in [2.45, 2.75) is 42.4 Å². The molecule has 3 aromatic rings. The predicted octanol–water partition coefficient (Wildman–Crippen LogP) is 4.26. The second-order valence-corrected chi connectivity index (χ2v) is 9.73. The van der Waals surface area contributed by atoms with Crippen LogP contribution < -0.4 is 9.46 Å². The lowest BCUT2D eigenvalue weighted by atomic mass is 9.68. The SMILES string of the molecule is COc1ccc(C2CCC2)c2c1[C@@H](C(=O)NS(=O)(=O)c1cccc3ccccc13)C2. The number of rotatable bonds is 5. The molecule has 2 aliphatic rings. The Labute approximate surface area is 176 Å². The molecule has 1 saturated carbocycles. The lowest BCUT2D eigenvalue weighted by Crippen LogP contribution is -2.40. The third kappa shape index (κ3) is 2.98. The van der Waals surface area contributed by atoms with Crippen LogP contribution in [0.25, 0.3) is 10.8 Å². The molecular weight excluding hydrogens is 398 g/mol. The number of fused-ring (bicyclic) bond motifs is 2. The summed E-state index contributed by atoms with van der Waals surface area (Å²) in [5.41, 5.74) is 3.28. The maximum atomic E-state index is 13.0. The Kier molecular flexibility index (Phi) is 4.54. The second kappa shape index (κ2) is 7.13. The lowest BCUT2D eigenvalue weighted by Gasteiger charge is -2.37. The van der Waals surface area contributed by atoms with Gasteiger partial charge in [-0.25, -0.2) is 13.1 Å². The Morgan fingerprint density at radius 3 is 2.53 bits per heavy atom. The van der Waals surface area contributed by atoms with Crippen LogP contribution in [0.5, 0.6) is 5.75 Å². The zero-order valence-corrected chi connectivity index (χ0v) is 17.5. The van der Waals surface area contributed by atoms with E-state index in [9.17, 15) is 13.2 Å². The second-order valence-electron chi connectivity index (χ2n) is 8.08. The Morgan fingerprint density at radius 2 is 1.80 bits per heavy atom. The van der Waals surface area contributed by atoms with E-state index >= 15 is 0 Å². The minimum absolute atomic E-state index is 0.115. The average molecular weight is 422 g/mol. The van der Waals surface area contributed by atoms with Gasteiger partial charge in [0.15, 0.2) is 0 Å². The van der Waals surface area contributed by atoms with Crippen molar-refractivity contribution >= 4 is 26.7 Å². The zero-order valence-electron chi connectivity index (χ0n) is 16.7. The molecule has 154 valence electrons. The van der Waals surface area contributed by atoms with E-state index in [1.165, 1.54) is 30.9 Å². The minimum atomic E-state index is -3.99. The first-order valence-corrected chi connectivity index (χ1v) is 11.7. The fraction of sp³-hybridized carbons (Fsp3) is 0.292. The zero-order chi connectivity index (χ0) is 20.9. The molecule has 0 bridgehead atoms. The van der Waals surface area contributed by atoms with E-state index in [0.29, 0.717) is 23.5 Å². The molecule has 1 atom stereocenters. The van der Waals surface area contributed by atoms with Crippen molar-refractivity contribution in [1.82, 2.24) is 4.72 Å². The van der Waals surface area contributed by atoms with E-state index in [1.54, 1.807) is 25.3 Å². The van der Waals surface area contributed by atoms with Crippen LogP contribution >= 0.6 is 0 Å². The highest BCUT2D eigenvalue weighted by Crippen LogP contribution is 2.49. The maximum absolute atomic E-state index is 13.0. The summed E-state index contributed by atoms with van der Waals surface area (Å²) < 4.78 is 33.9. The predicted molar refractivity (Wildman–Crippen MR) is 115 cm³/mol. The number of carbonyl (C=O) groups excluding carboxylic acids is 1. The number of nitrogens with one attached hydrogen (secondary N) is 1. The van der Waals surface area contributed by atoms with Gasteiger partial charge >= 0.3 is 0 Å². The Hall–Kier alpha value is -2.86. The van der Waals surface area contributed by atoms with E-state index in [4.69, 9.17) is 4.74 Å². The molecule has 2 aliphatic carbocycles. The molecule has 0 unspecified atom stereocenters. The largest absolute Gasteiger partial charge is 0.496 e. The van der Waals surface area contributed by atoms with Crippen molar-refractivity contribution in [2.24, 2.45) is 0 Å². The van der Waals surface area contributed by atoms with Gasteiger partial charge < -0.3 is 4.74 Å². The summed E-state index contributed by atoms with van der Waals surface area (Å²) in [5, 5.41) is 1.41. The van der Waals surface area contributed by atoms with Gasteiger partial charge in [-0.2, -0.15) is 0 Å². The standard InChI is InChI=1S/C24H23NO4S/c1-29-21-13-12-17(15-7-4-8-15)19-14-20(23(19)21)24(26)25-30(27,28)22-11-5-9-16-6-2-3-10-18(16)22/h2-3,5-6,9-13,15,20H,4,7-8,14H2,1H3,(H,25,26)/t20-/m0/s1. The summed E-state index contributed by atoms with van der Waals surface area (Å²) in [7, 11) is -2.41. The summed E-state index contributed by atoms with van der Waals surface area (Å²) >= 11 is 0. The molecule has 0 heterocycles. The molecule has 1 amide bonds. The van der Waals surface area contributed by atoms with Crippen LogP contribution in [0.3, 0.4) is 0 Å². The summed E-state index contributed by atoms with van der Waals surface area (Å²) in [4.78, 5) is 13.1. The molecule has 0 aromatic heterocycles. The third-order valence-corrected chi connectivity index (χ3v) is 7.87. The molecule has 30 heavy (non-hydrogen) atoms. The number of hydrogen-bond donors (Lipinski definition) is 1. The van der Waals surface area contributed by atoms with Crippen LogP contribution in [0.1, 0.15) is 47.8 Å². The van der Waals surface area contributed by atoms with E-state index < -0.39 is 21.8 Å². The molecule has 1 fully saturated rings. The molecular formula is C24H23NO4S. The van der Waals surface area contributed by atoms with E-state index in [2.05, 4.69) is 10.8 Å². The molecule has 3 aromatic carbocycles. The molecule has 5 nitrogen and oxygen atoms in total. The van der Waals surface area contributed by atoms with Crippen molar-refractivity contribution in [2.75, 3.05) is 7.11 Å². The van der Waals surface area contributed by atoms with E-state index in [0.717, 1.165) is 16.5 Å². The van der Waals surface area contributed by atoms with Gasteiger partial charge in [-0.05, 0) is 53.8 Å². The van der Waals surface area contributed by atoms with Crippen molar-refractivity contribution in [3.63, 3.8) is 0 Å². The van der Waals surface area contributed by atoms with Crippen molar-refractivity contribution < 1.29 is 17.9 Å². The number of benzene rings is 3. The molecule has 0 aliphatic heterocycles. The first-order valence-electron chi connectivity index (χ1n) is 10.2. The van der Waals surface area contributed by atoms with Gasteiger partial charge in [-0.3, -0.25) is 4.79 Å². The number of methoxy groups -OCH3 is 1. The number of carbonyl (C=O) groups is 1. The molecule has 0 radical (unpaired) electrons.